The molecule has 40 heavy (non-hydrogen) atoms. The van der Waals surface area contributed by atoms with Crippen LogP contribution in [-0.4, -0.2) is 68.4 Å². The Morgan fingerprint density at radius 1 is 0.950 bits per heavy atom. The molecule has 3 aromatic carbocycles. The van der Waals surface area contributed by atoms with Crippen molar-refractivity contribution in [1.29, 1.82) is 0 Å². The summed E-state index contributed by atoms with van der Waals surface area (Å²) in [5, 5.41) is 12.0. The number of benzene rings is 3. The van der Waals surface area contributed by atoms with Crippen molar-refractivity contribution < 1.29 is 8.95 Å². The zero-order valence-electron chi connectivity index (χ0n) is 24.6. The van der Waals surface area contributed by atoms with Crippen LogP contribution in [0, 0.1) is 13.8 Å². The Bertz CT molecular complexity index is 1480. The van der Waals surface area contributed by atoms with Crippen molar-refractivity contribution in [3.8, 4) is 16.9 Å². The molecule has 4 rings (SSSR count). The number of ether oxygens (including phenoxy) is 1. The first-order valence-electron chi connectivity index (χ1n) is 13.7. The first kappa shape index (κ1) is 29.6. The molecular weight excluding hydrogens is 520 g/mol. The van der Waals surface area contributed by atoms with E-state index in [0.717, 1.165) is 75.7 Å². The highest BCUT2D eigenvalue weighted by molar-refractivity contribution is 7.82. The predicted molar refractivity (Wildman–Crippen MR) is 165 cm³/mol. The molecule has 1 atom stereocenters. The van der Waals surface area contributed by atoms with E-state index in [0.29, 0.717) is 5.95 Å². The van der Waals surface area contributed by atoms with Gasteiger partial charge in [0.25, 0.3) is 0 Å². The number of nitrogens with one attached hydrogen (secondary N) is 1. The number of aromatic nitrogens is 3. The number of methoxy groups -OCH3 is 1. The molecule has 1 aromatic heterocycles. The summed E-state index contributed by atoms with van der Waals surface area (Å²) in [5.41, 5.74) is 6.64. The third kappa shape index (κ3) is 7.02. The maximum absolute atomic E-state index is 13.4. The van der Waals surface area contributed by atoms with Gasteiger partial charge in [-0.3, -0.25) is 0 Å². The second-order valence-corrected chi connectivity index (χ2v) is 11.9. The molecule has 1 N–H and O–H groups in total. The van der Waals surface area contributed by atoms with Crippen molar-refractivity contribution in [1.82, 2.24) is 24.4 Å². The van der Waals surface area contributed by atoms with Crippen LogP contribution in [0.25, 0.3) is 22.2 Å². The summed E-state index contributed by atoms with van der Waals surface area (Å²) in [7, 11) is 2.54. The Morgan fingerprint density at radius 2 is 1.70 bits per heavy atom. The molecule has 0 aliphatic rings. The normalized spacial score (nSPS) is 12.4. The Hall–Kier alpha value is -3.40. The molecule has 0 bridgehead atoms. The summed E-state index contributed by atoms with van der Waals surface area (Å²) < 4.78 is 20.8. The van der Waals surface area contributed by atoms with Gasteiger partial charge in [-0.25, -0.2) is 13.5 Å². The van der Waals surface area contributed by atoms with E-state index in [1.165, 1.54) is 0 Å². The van der Waals surface area contributed by atoms with E-state index < -0.39 is 11.0 Å². The molecule has 0 radical (unpaired) electrons. The van der Waals surface area contributed by atoms with Crippen LogP contribution >= 0.6 is 0 Å². The first-order valence-corrected chi connectivity index (χ1v) is 14.8. The number of hydrogen-bond acceptors (Lipinski definition) is 7. The number of hydrogen-bond donors (Lipinski definition) is 1. The molecule has 0 aliphatic heterocycles. The molecule has 0 saturated heterocycles. The van der Waals surface area contributed by atoms with E-state index in [9.17, 15) is 4.21 Å². The number of fused-ring (bicyclic) bond motifs is 1. The molecule has 8 nitrogen and oxygen atoms in total. The summed E-state index contributed by atoms with van der Waals surface area (Å²) in [4.78, 5) is 7.79. The van der Waals surface area contributed by atoms with Crippen LogP contribution in [0.1, 0.15) is 38.3 Å². The zero-order valence-corrected chi connectivity index (χ0v) is 25.4. The Labute approximate surface area is 240 Å². The van der Waals surface area contributed by atoms with Crippen molar-refractivity contribution in [2.24, 2.45) is 0 Å². The molecule has 0 saturated carbocycles. The van der Waals surface area contributed by atoms with Crippen molar-refractivity contribution in [2.75, 3.05) is 39.1 Å². The third-order valence-corrected chi connectivity index (χ3v) is 8.62. The van der Waals surface area contributed by atoms with Gasteiger partial charge in [-0.2, -0.15) is 0 Å². The monoisotopic (exact) mass is 560 g/mol. The minimum atomic E-state index is -1.24. The average molecular weight is 561 g/mol. The van der Waals surface area contributed by atoms with E-state index in [1.807, 2.05) is 53.7 Å². The largest absolute Gasteiger partial charge is 0.497 e. The van der Waals surface area contributed by atoms with Gasteiger partial charge in [-0.05, 0) is 118 Å². The van der Waals surface area contributed by atoms with Crippen LogP contribution in [0.3, 0.4) is 0 Å². The fourth-order valence-corrected chi connectivity index (χ4v) is 5.94. The Kier molecular flexibility index (Phi) is 9.84. The topological polar surface area (TPSA) is 83.5 Å². The van der Waals surface area contributed by atoms with E-state index in [-0.39, 0.29) is 6.04 Å². The van der Waals surface area contributed by atoms with Crippen LogP contribution in [0.15, 0.2) is 59.5 Å². The second kappa shape index (κ2) is 13.3. The molecule has 0 aliphatic carbocycles. The SMILES string of the molecule is CCCN(C)CCN(C(C)C)S(=O)c1ccc(Nc2nnc3cc(-c4cc(OC)ccc4C)cc(C)c3n2)cc1. The molecule has 0 spiro atoms. The first-order chi connectivity index (χ1) is 19.2. The van der Waals surface area contributed by atoms with Crippen molar-refractivity contribution in [3.05, 3.63) is 65.7 Å². The van der Waals surface area contributed by atoms with Crippen LogP contribution < -0.4 is 10.1 Å². The van der Waals surface area contributed by atoms with Gasteiger partial charge in [-0.15, -0.1) is 10.2 Å². The molecule has 0 fully saturated rings. The molecule has 9 heteroatoms. The summed E-state index contributed by atoms with van der Waals surface area (Å²) >= 11 is 0. The highest BCUT2D eigenvalue weighted by atomic mass is 32.2. The Morgan fingerprint density at radius 3 is 2.38 bits per heavy atom. The predicted octanol–water partition coefficient (Wildman–Crippen LogP) is 6.14. The van der Waals surface area contributed by atoms with Gasteiger partial charge >= 0.3 is 0 Å². The fraction of sp³-hybridized carbons (Fsp3) is 0.387. The third-order valence-electron chi connectivity index (χ3n) is 6.91. The van der Waals surface area contributed by atoms with Crippen molar-refractivity contribution in [3.63, 3.8) is 0 Å². The summed E-state index contributed by atoms with van der Waals surface area (Å²) in [5.74, 6) is 1.23. The van der Waals surface area contributed by atoms with Crippen LogP contribution in [0.5, 0.6) is 5.75 Å². The Balaban J connectivity index is 1.50. The number of nitrogens with zero attached hydrogens (tertiary/aromatic N) is 5. The van der Waals surface area contributed by atoms with E-state index in [2.05, 4.69) is 67.3 Å². The van der Waals surface area contributed by atoms with Crippen LogP contribution in [0.2, 0.25) is 0 Å². The second-order valence-electron chi connectivity index (χ2n) is 10.4. The highest BCUT2D eigenvalue weighted by Gasteiger charge is 2.19. The standard InChI is InChI=1S/C31H40N6O2S/c1-8-15-36(6)16-17-37(21(2)3)40(38)27-13-10-25(11-14-27)32-31-33-30-23(5)18-24(19-29(30)34-35-31)28-20-26(39-7)12-9-22(28)4/h9-14,18-21H,8,15-17H2,1-7H3,(H,32,33,35). The minimum Gasteiger partial charge on any atom is -0.497 e. The van der Waals surface area contributed by atoms with Gasteiger partial charge in [0.15, 0.2) is 0 Å². The number of rotatable bonds is 12. The number of aryl methyl sites for hydroxylation is 2. The zero-order chi connectivity index (χ0) is 28.8. The van der Waals surface area contributed by atoms with Gasteiger partial charge in [0.1, 0.15) is 22.3 Å². The quantitative estimate of drug-likeness (QED) is 0.223. The lowest BCUT2D eigenvalue weighted by atomic mass is 9.98. The average Bonchev–Trinajstić information content (AvgIpc) is 2.94. The van der Waals surface area contributed by atoms with Gasteiger partial charge in [-0.1, -0.05) is 13.0 Å². The molecule has 1 unspecified atom stereocenters. The molecule has 212 valence electrons. The summed E-state index contributed by atoms with van der Waals surface area (Å²) in [6.07, 6.45) is 1.11. The van der Waals surface area contributed by atoms with E-state index in [1.54, 1.807) is 7.11 Å². The highest BCUT2D eigenvalue weighted by Crippen LogP contribution is 2.31. The van der Waals surface area contributed by atoms with Gasteiger partial charge in [0, 0.05) is 24.8 Å². The fourth-order valence-electron chi connectivity index (χ4n) is 4.67. The minimum absolute atomic E-state index is 0.169. The smallest absolute Gasteiger partial charge is 0.247 e. The van der Waals surface area contributed by atoms with Crippen molar-refractivity contribution in [2.45, 2.75) is 52.0 Å². The van der Waals surface area contributed by atoms with Crippen molar-refractivity contribution >= 4 is 33.7 Å². The maximum Gasteiger partial charge on any atom is 0.247 e. The molecular formula is C31H40N6O2S. The van der Waals surface area contributed by atoms with Gasteiger partial charge < -0.3 is 15.0 Å². The lowest BCUT2D eigenvalue weighted by molar-refractivity contribution is 0.280. The summed E-state index contributed by atoms with van der Waals surface area (Å²) in [6, 6.07) is 18.0. The number of anilines is 2. The van der Waals surface area contributed by atoms with Gasteiger partial charge in [0.05, 0.1) is 17.5 Å². The lowest BCUT2D eigenvalue weighted by Gasteiger charge is -2.27. The molecule has 4 aromatic rings. The van der Waals surface area contributed by atoms with Gasteiger partial charge in [0.2, 0.25) is 5.95 Å². The maximum atomic E-state index is 13.4. The summed E-state index contributed by atoms with van der Waals surface area (Å²) in [6.45, 7) is 13.1. The van der Waals surface area contributed by atoms with Crippen LogP contribution in [-0.2, 0) is 11.0 Å². The lowest BCUT2D eigenvalue weighted by Crippen LogP contribution is -2.39. The van der Waals surface area contributed by atoms with E-state index in [4.69, 9.17) is 9.72 Å². The van der Waals surface area contributed by atoms with Crippen LogP contribution in [0.4, 0.5) is 11.6 Å². The number of likely N-dealkylation sites (N-methyl/N-ethyl adjacent to an activating group) is 1. The molecule has 0 amide bonds. The molecule has 1 heterocycles. The van der Waals surface area contributed by atoms with E-state index >= 15 is 0 Å².